The number of carbonyl (C=O) groups excluding carboxylic acids is 3. The van der Waals surface area contributed by atoms with Gasteiger partial charge in [0.25, 0.3) is 5.91 Å². The lowest BCUT2D eigenvalue weighted by Gasteiger charge is -2.35. The number of imide groups is 1. The second-order valence-corrected chi connectivity index (χ2v) is 7.57. The van der Waals surface area contributed by atoms with E-state index in [1.165, 1.54) is 17.0 Å². The minimum absolute atomic E-state index is 0.00985. The largest absolute Gasteiger partial charge is 0.435 e. The van der Waals surface area contributed by atoms with Gasteiger partial charge in [-0.2, -0.15) is 8.78 Å². The molecule has 4 amide bonds. The molecule has 1 aromatic carbocycles. The van der Waals surface area contributed by atoms with Crippen molar-refractivity contribution in [1.29, 1.82) is 0 Å². The molecule has 2 aliphatic rings. The molecule has 0 bridgehead atoms. The van der Waals surface area contributed by atoms with E-state index in [-0.39, 0.29) is 18.2 Å². The predicted octanol–water partition coefficient (Wildman–Crippen LogP) is 3.06. The molecular weight excluding hydrogens is 384 g/mol. The molecular formula is C20H25F2N3O4. The van der Waals surface area contributed by atoms with Gasteiger partial charge in [-0.1, -0.05) is 31.4 Å². The van der Waals surface area contributed by atoms with E-state index < -0.39 is 30.1 Å². The number of ether oxygens (including phenoxy) is 1. The molecule has 1 saturated carbocycles. The number of hydrogen-bond acceptors (Lipinski definition) is 4. The number of alkyl halides is 2. The van der Waals surface area contributed by atoms with Crippen molar-refractivity contribution < 1.29 is 27.9 Å². The molecule has 3 rings (SSSR count). The summed E-state index contributed by atoms with van der Waals surface area (Å²) in [5.74, 6) is -0.829. The fraction of sp³-hybridized carbons (Fsp3) is 0.550. The third-order valence-electron chi connectivity index (χ3n) is 5.75. The van der Waals surface area contributed by atoms with Crippen LogP contribution >= 0.6 is 0 Å². The first-order valence-corrected chi connectivity index (χ1v) is 9.68. The van der Waals surface area contributed by atoms with E-state index in [1.54, 1.807) is 26.1 Å². The van der Waals surface area contributed by atoms with Crippen LogP contribution in [-0.2, 0) is 9.59 Å². The smallest absolute Gasteiger partial charge is 0.387 e. The Kier molecular flexibility index (Phi) is 6.04. The van der Waals surface area contributed by atoms with Crippen LogP contribution in [0.25, 0.3) is 0 Å². The highest BCUT2D eigenvalue weighted by Crippen LogP contribution is 2.39. The van der Waals surface area contributed by atoms with Crippen molar-refractivity contribution in [1.82, 2.24) is 15.1 Å². The highest BCUT2D eigenvalue weighted by molar-refractivity contribution is 6.08. The van der Waals surface area contributed by atoms with Gasteiger partial charge in [-0.05, 0) is 37.5 Å². The molecule has 1 N–H and O–H groups in total. The minimum Gasteiger partial charge on any atom is -0.435 e. The molecule has 158 valence electrons. The topological polar surface area (TPSA) is 79.0 Å². The molecule has 7 nitrogen and oxygen atoms in total. The zero-order chi connectivity index (χ0) is 21.2. The molecule has 1 spiro atoms. The van der Waals surface area contributed by atoms with E-state index in [0.717, 1.165) is 24.2 Å². The van der Waals surface area contributed by atoms with Gasteiger partial charge in [-0.15, -0.1) is 0 Å². The van der Waals surface area contributed by atoms with Gasteiger partial charge in [0.15, 0.2) is 0 Å². The van der Waals surface area contributed by atoms with Crippen molar-refractivity contribution in [3.8, 4) is 5.75 Å². The summed E-state index contributed by atoms with van der Waals surface area (Å²) >= 11 is 0. The van der Waals surface area contributed by atoms with Gasteiger partial charge in [-0.3, -0.25) is 14.5 Å². The fourth-order valence-corrected chi connectivity index (χ4v) is 4.15. The number of benzene rings is 1. The second-order valence-electron chi connectivity index (χ2n) is 7.57. The van der Waals surface area contributed by atoms with Crippen molar-refractivity contribution >= 4 is 17.8 Å². The third-order valence-corrected chi connectivity index (χ3v) is 5.75. The van der Waals surface area contributed by atoms with Gasteiger partial charge in [0.2, 0.25) is 5.91 Å². The Labute approximate surface area is 168 Å². The zero-order valence-corrected chi connectivity index (χ0v) is 16.5. The molecule has 1 heterocycles. The van der Waals surface area contributed by atoms with Gasteiger partial charge in [-0.25, -0.2) is 4.79 Å². The summed E-state index contributed by atoms with van der Waals surface area (Å²) in [6, 6.07) is 5.04. The third kappa shape index (κ3) is 4.18. The maximum atomic E-state index is 12.9. The zero-order valence-electron chi connectivity index (χ0n) is 16.5. The summed E-state index contributed by atoms with van der Waals surface area (Å²) in [5, 5.41) is 2.70. The molecule has 0 radical (unpaired) electrons. The van der Waals surface area contributed by atoms with Crippen molar-refractivity contribution in [2.45, 2.75) is 57.2 Å². The Balaban J connectivity index is 1.64. The molecule has 1 saturated heterocycles. The summed E-state index contributed by atoms with van der Waals surface area (Å²) in [5.41, 5.74) is -0.265. The lowest BCUT2D eigenvalue weighted by atomic mass is 9.81. The van der Waals surface area contributed by atoms with E-state index >= 15 is 0 Å². The van der Waals surface area contributed by atoms with Gasteiger partial charge in [0, 0.05) is 7.05 Å². The van der Waals surface area contributed by atoms with Crippen LogP contribution in [0.4, 0.5) is 13.6 Å². The maximum Gasteiger partial charge on any atom is 0.387 e. The molecule has 29 heavy (non-hydrogen) atoms. The molecule has 1 aliphatic heterocycles. The van der Waals surface area contributed by atoms with Crippen molar-refractivity contribution in [3.63, 3.8) is 0 Å². The van der Waals surface area contributed by atoms with Gasteiger partial charge >= 0.3 is 12.6 Å². The number of amides is 4. The Bertz CT molecular complexity index is 796. The van der Waals surface area contributed by atoms with Crippen molar-refractivity contribution in [2.24, 2.45) is 0 Å². The van der Waals surface area contributed by atoms with Crippen LogP contribution in [0.15, 0.2) is 24.3 Å². The van der Waals surface area contributed by atoms with Gasteiger partial charge in [0.1, 0.15) is 17.8 Å². The first-order valence-electron chi connectivity index (χ1n) is 9.68. The minimum atomic E-state index is -2.94. The van der Waals surface area contributed by atoms with Crippen LogP contribution in [0, 0.1) is 0 Å². The van der Waals surface area contributed by atoms with Crippen LogP contribution in [0.2, 0.25) is 0 Å². The van der Waals surface area contributed by atoms with E-state index in [0.29, 0.717) is 18.4 Å². The standard InChI is InChI=1S/C20H25F2N3O4/c1-13(14-7-6-8-15(11-14)29-18(21)22)23-16(26)12-25-17(27)20(24(2)19(25)28)9-4-3-5-10-20/h6-8,11,13,18H,3-5,9-10,12H2,1-2H3,(H,23,26). The molecule has 0 aromatic heterocycles. The van der Waals surface area contributed by atoms with E-state index in [1.807, 2.05) is 0 Å². The highest BCUT2D eigenvalue weighted by atomic mass is 19.3. The lowest BCUT2D eigenvalue weighted by Crippen LogP contribution is -2.49. The summed E-state index contributed by atoms with van der Waals surface area (Å²) in [4.78, 5) is 40.5. The van der Waals surface area contributed by atoms with Crippen LogP contribution in [0.5, 0.6) is 5.75 Å². The number of halogens is 2. The molecule has 1 aromatic rings. The Morgan fingerprint density at radius 1 is 1.24 bits per heavy atom. The van der Waals surface area contributed by atoms with Gasteiger partial charge < -0.3 is 15.0 Å². The normalized spacial score (nSPS) is 19.8. The molecule has 1 aliphatic carbocycles. The van der Waals surface area contributed by atoms with E-state index in [2.05, 4.69) is 10.1 Å². The summed E-state index contributed by atoms with van der Waals surface area (Å²) in [7, 11) is 1.61. The quantitative estimate of drug-likeness (QED) is 0.733. The Morgan fingerprint density at radius 2 is 1.93 bits per heavy atom. The lowest BCUT2D eigenvalue weighted by molar-refractivity contribution is -0.137. The monoisotopic (exact) mass is 409 g/mol. The average molecular weight is 409 g/mol. The van der Waals surface area contributed by atoms with Crippen LogP contribution in [0.1, 0.15) is 50.6 Å². The summed E-state index contributed by atoms with van der Waals surface area (Å²) in [6.45, 7) is -1.63. The maximum absolute atomic E-state index is 12.9. The predicted molar refractivity (Wildman–Crippen MR) is 100 cm³/mol. The van der Waals surface area contributed by atoms with Crippen LogP contribution in [-0.4, -0.2) is 53.4 Å². The van der Waals surface area contributed by atoms with E-state index in [4.69, 9.17) is 0 Å². The Morgan fingerprint density at radius 3 is 2.59 bits per heavy atom. The van der Waals surface area contributed by atoms with Crippen molar-refractivity contribution in [3.05, 3.63) is 29.8 Å². The average Bonchev–Trinajstić information content (AvgIpc) is 2.84. The molecule has 1 unspecified atom stereocenters. The van der Waals surface area contributed by atoms with Gasteiger partial charge in [0.05, 0.1) is 6.04 Å². The first kappa shape index (κ1) is 21.0. The number of rotatable bonds is 6. The fourth-order valence-electron chi connectivity index (χ4n) is 4.15. The number of urea groups is 1. The molecule has 9 heteroatoms. The SMILES string of the molecule is CC(NC(=O)CN1C(=O)N(C)C2(CCCCC2)C1=O)c1cccc(OC(F)F)c1. The van der Waals surface area contributed by atoms with Crippen LogP contribution in [0.3, 0.4) is 0 Å². The molecule has 2 fully saturated rings. The number of carbonyl (C=O) groups is 3. The van der Waals surface area contributed by atoms with E-state index in [9.17, 15) is 23.2 Å². The number of nitrogens with one attached hydrogen (secondary N) is 1. The summed E-state index contributed by atoms with van der Waals surface area (Å²) < 4.78 is 29.1. The second kappa shape index (κ2) is 8.34. The highest BCUT2D eigenvalue weighted by Gasteiger charge is 2.55. The van der Waals surface area contributed by atoms with Crippen molar-refractivity contribution in [2.75, 3.05) is 13.6 Å². The summed E-state index contributed by atoms with van der Waals surface area (Å²) in [6.07, 6.45) is 4.00. The first-order chi connectivity index (χ1) is 13.7. The number of likely N-dealkylation sites (N-methyl/N-ethyl adjacent to an activating group) is 1. The van der Waals surface area contributed by atoms with Crippen LogP contribution < -0.4 is 10.1 Å². The number of nitrogens with zero attached hydrogens (tertiary/aromatic N) is 2. The molecule has 1 atom stereocenters. The Hall–Kier alpha value is -2.71. The number of hydrogen-bond donors (Lipinski definition) is 1.